The highest BCUT2D eigenvalue weighted by molar-refractivity contribution is 7.09. The van der Waals surface area contributed by atoms with Crippen LogP contribution in [-0.2, 0) is 13.0 Å². The molecule has 0 aliphatic heterocycles. The van der Waals surface area contributed by atoms with Crippen LogP contribution >= 0.6 is 22.7 Å². The Balaban J connectivity index is 1.52. The van der Waals surface area contributed by atoms with E-state index in [9.17, 15) is 0 Å². The molecule has 5 heteroatoms. The lowest BCUT2D eigenvalue weighted by molar-refractivity contribution is 0.322. The zero-order chi connectivity index (χ0) is 12.6. The molecule has 0 aromatic carbocycles. The maximum atomic E-state index is 4.29. The van der Waals surface area contributed by atoms with Gasteiger partial charge in [-0.05, 0) is 24.9 Å². The third-order valence-corrected chi connectivity index (χ3v) is 4.29. The summed E-state index contributed by atoms with van der Waals surface area (Å²) < 4.78 is 0. The van der Waals surface area contributed by atoms with Gasteiger partial charge in [0.25, 0.3) is 0 Å². The van der Waals surface area contributed by atoms with Crippen molar-refractivity contribution in [2.24, 2.45) is 0 Å². The molecule has 0 radical (unpaired) electrons. The average molecular weight is 281 g/mol. The SMILES string of the molecule is CN(CCNCCc1cccs1)Cc1cscn1. The van der Waals surface area contributed by atoms with Crippen LogP contribution in [0.15, 0.2) is 28.4 Å². The maximum absolute atomic E-state index is 4.29. The van der Waals surface area contributed by atoms with Gasteiger partial charge in [-0.2, -0.15) is 0 Å². The minimum absolute atomic E-state index is 0.941. The van der Waals surface area contributed by atoms with Gasteiger partial charge in [0, 0.05) is 36.4 Å². The Bertz CT molecular complexity index is 411. The van der Waals surface area contributed by atoms with Gasteiger partial charge in [0.15, 0.2) is 0 Å². The van der Waals surface area contributed by atoms with E-state index in [1.807, 2.05) is 16.8 Å². The monoisotopic (exact) mass is 281 g/mol. The number of rotatable bonds is 8. The first-order valence-electron chi connectivity index (χ1n) is 6.13. The van der Waals surface area contributed by atoms with Crippen molar-refractivity contribution in [2.45, 2.75) is 13.0 Å². The van der Waals surface area contributed by atoms with E-state index in [1.54, 1.807) is 11.3 Å². The molecular formula is C13H19N3S2. The van der Waals surface area contributed by atoms with E-state index >= 15 is 0 Å². The standard InChI is InChI=1S/C13H19N3S2/c1-16(9-12-10-17-11-15-12)7-6-14-5-4-13-3-2-8-18-13/h2-3,8,10-11,14H,4-7,9H2,1H3. The van der Waals surface area contributed by atoms with Crippen LogP contribution in [0.5, 0.6) is 0 Å². The van der Waals surface area contributed by atoms with Crippen LogP contribution in [-0.4, -0.2) is 36.6 Å². The lowest BCUT2D eigenvalue weighted by Gasteiger charge is -2.15. The van der Waals surface area contributed by atoms with E-state index in [0.29, 0.717) is 0 Å². The zero-order valence-electron chi connectivity index (χ0n) is 10.6. The molecule has 0 aliphatic carbocycles. The molecule has 3 nitrogen and oxygen atoms in total. The topological polar surface area (TPSA) is 28.2 Å². The van der Waals surface area contributed by atoms with Crippen molar-refractivity contribution in [1.82, 2.24) is 15.2 Å². The van der Waals surface area contributed by atoms with Crippen LogP contribution in [0.4, 0.5) is 0 Å². The molecule has 0 unspecified atom stereocenters. The fourth-order valence-corrected chi connectivity index (χ4v) is 2.99. The zero-order valence-corrected chi connectivity index (χ0v) is 12.3. The Labute approximate surface area is 116 Å². The van der Waals surface area contributed by atoms with E-state index in [1.165, 1.54) is 10.6 Å². The summed E-state index contributed by atoms with van der Waals surface area (Å²) in [5, 5.41) is 7.73. The number of likely N-dealkylation sites (N-methyl/N-ethyl adjacent to an activating group) is 1. The van der Waals surface area contributed by atoms with Crippen LogP contribution < -0.4 is 5.32 Å². The molecule has 18 heavy (non-hydrogen) atoms. The number of nitrogens with one attached hydrogen (secondary N) is 1. The van der Waals surface area contributed by atoms with Gasteiger partial charge in [0.2, 0.25) is 0 Å². The summed E-state index contributed by atoms with van der Waals surface area (Å²) in [6.07, 6.45) is 1.13. The summed E-state index contributed by atoms with van der Waals surface area (Å²) in [4.78, 5) is 8.05. The van der Waals surface area contributed by atoms with Gasteiger partial charge in [-0.25, -0.2) is 4.98 Å². The minimum atomic E-state index is 0.941. The van der Waals surface area contributed by atoms with Crippen molar-refractivity contribution in [3.05, 3.63) is 39.0 Å². The largest absolute Gasteiger partial charge is 0.315 e. The average Bonchev–Trinajstić information content (AvgIpc) is 3.01. The summed E-state index contributed by atoms with van der Waals surface area (Å²) in [6.45, 7) is 4.09. The molecule has 0 aliphatic rings. The quantitative estimate of drug-likeness (QED) is 0.754. The van der Waals surface area contributed by atoms with Gasteiger partial charge in [-0.3, -0.25) is 4.90 Å². The van der Waals surface area contributed by atoms with Crippen molar-refractivity contribution < 1.29 is 0 Å². The molecule has 2 heterocycles. The van der Waals surface area contributed by atoms with Crippen LogP contribution in [0.3, 0.4) is 0 Å². The van der Waals surface area contributed by atoms with Gasteiger partial charge in [-0.15, -0.1) is 22.7 Å². The van der Waals surface area contributed by atoms with E-state index in [4.69, 9.17) is 0 Å². The highest BCUT2D eigenvalue weighted by atomic mass is 32.1. The summed E-state index contributed by atoms with van der Waals surface area (Å²) in [6, 6.07) is 4.31. The number of hydrogen-bond donors (Lipinski definition) is 1. The number of thiophene rings is 1. The first kappa shape index (κ1) is 13.7. The fourth-order valence-electron chi connectivity index (χ4n) is 1.73. The molecule has 0 fully saturated rings. The molecule has 2 rings (SSSR count). The van der Waals surface area contributed by atoms with Crippen molar-refractivity contribution in [1.29, 1.82) is 0 Å². The van der Waals surface area contributed by atoms with E-state index in [0.717, 1.165) is 32.6 Å². The number of thiazole rings is 1. The fraction of sp³-hybridized carbons (Fsp3) is 0.462. The van der Waals surface area contributed by atoms with Crippen molar-refractivity contribution in [3.8, 4) is 0 Å². The molecule has 98 valence electrons. The summed E-state index contributed by atoms with van der Waals surface area (Å²) in [7, 11) is 2.14. The number of hydrogen-bond acceptors (Lipinski definition) is 5. The minimum Gasteiger partial charge on any atom is -0.315 e. The molecule has 0 bridgehead atoms. The normalized spacial score (nSPS) is 11.2. The number of aromatic nitrogens is 1. The Hall–Kier alpha value is -0.750. The van der Waals surface area contributed by atoms with Crippen LogP contribution in [0.1, 0.15) is 10.6 Å². The predicted octanol–water partition coefficient (Wildman–Crippen LogP) is 2.47. The lowest BCUT2D eigenvalue weighted by atomic mass is 10.3. The third-order valence-electron chi connectivity index (χ3n) is 2.71. The highest BCUT2D eigenvalue weighted by Gasteiger charge is 2.01. The summed E-state index contributed by atoms with van der Waals surface area (Å²) in [5.41, 5.74) is 3.06. The Morgan fingerprint density at radius 1 is 1.39 bits per heavy atom. The predicted molar refractivity (Wildman–Crippen MR) is 79.3 cm³/mol. The summed E-state index contributed by atoms with van der Waals surface area (Å²) >= 11 is 3.49. The molecule has 0 saturated carbocycles. The lowest BCUT2D eigenvalue weighted by Crippen LogP contribution is -2.30. The van der Waals surface area contributed by atoms with Crippen LogP contribution in [0.25, 0.3) is 0 Å². The number of nitrogens with zero attached hydrogens (tertiary/aromatic N) is 2. The van der Waals surface area contributed by atoms with E-state index in [2.05, 4.69) is 45.1 Å². The van der Waals surface area contributed by atoms with Gasteiger partial charge < -0.3 is 5.32 Å². The first-order valence-corrected chi connectivity index (χ1v) is 7.95. The van der Waals surface area contributed by atoms with Gasteiger partial charge in [0.1, 0.15) is 0 Å². The molecule has 0 amide bonds. The first-order chi connectivity index (χ1) is 8.84. The third kappa shape index (κ3) is 4.86. The molecule has 0 atom stereocenters. The van der Waals surface area contributed by atoms with E-state index in [-0.39, 0.29) is 0 Å². The second kappa shape index (κ2) is 7.63. The Kier molecular flexibility index (Phi) is 5.80. The van der Waals surface area contributed by atoms with Crippen molar-refractivity contribution >= 4 is 22.7 Å². The van der Waals surface area contributed by atoms with Crippen LogP contribution in [0.2, 0.25) is 0 Å². The molecular weight excluding hydrogens is 262 g/mol. The van der Waals surface area contributed by atoms with Crippen LogP contribution in [0, 0.1) is 0 Å². The van der Waals surface area contributed by atoms with E-state index < -0.39 is 0 Å². The second-order valence-electron chi connectivity index (χ2n) is 4.30. The van der Waals surface area contributed by atoms with Crippen molar-refractivity contribution in [3.63, 3.8) is 0 Å². The Morgan fingerprint density at radius 3 is 3.06 bits per heavy atom. The van der Waals surface area contributed by atoms with Crippen molar-refractivity contribution in [2.75, 3.05) is 26.7 Å². The van der Waals surface area contributed by atoms with Gasteiger partial charge >= 0.3 is 0 Å². The molecule has 2 aromatic rings. The molecule has 0 spiro atoms. The van der Waals surface area contributed by atoms with Gasteiger partial charge in [0.05, 0.1) is 11.2 Å². The molecule has 1 N–H and O–H groups in total. The smallest absolute Gasteiger partial charge is 0.0795 e. The highest BCUT2D eigenvalue weighted by Crippen LogP contribution is 2.08. The molecule has 2 aromatic heterocycles. The molecule has 0 saturated heterocycles. The van der Waals surface area contributed by atoms with Gasteiger partial charge in [-0.1, -0.05) is 6.07 Å². The second-order valence-corrected chi connectivity index (χ2v) is 6.05. The Morgan fingerprint density at radius 2 is 2.33 bits per heavy atom. The summed E-state index contributed by atoms with van der Waals surface area (Å²) in [5.74, 6) is 0. The maximum Gasteiger partial charge on any atom is 0.0795 e.